The lowest BCUT2D eigenvalue weighted by molar-refractivity contribution is -0.0343. The Balaban J connectivity index is 1.46. The molecule has 9 heteroatoms. The first-order valence-corrected chi connectivity index (χ1v) is 8.49. The highest BCUT2D eigenvalue weighted by atomic mass is 16.5. The van der Waals surface area contributed by atoms with E-state index in [2.05, 4.69) is 25.3 Å². The van der Waals surface area contributed by atoms with Gasteiger partial charge in [0.2, 0.25) is 5.95 Å². The van der Waals surface area contributed by atoms with Gasteiger partial charge in [0.05, 0.1) is 30.4 Å². The van der Waals surface area contributed by atoms with Gasteiger partial charge in [0.1, 0.15) is 6.33 Å². The number of hydrogen-bond donors (Lipinski definition) is 2. The van der Waals surface area contributed by atoms with Crippen molar-refractivity contribution >= 4 is 16.9 Å². The molecule has 0 unspecified atom stereocenters. The maximum Gasteiger partial charge on any atom is 0.272 e. The molecule has 0 atom stereocenters. The average Bonchev–Trinajstić information content (AvgIpc) is 3.29. The lowest BCUT2D eigenvalue weighted by atomic mass is 9.89. The molecule has 1 amide bonds. The Labute approximate surface area is 149 Å². The van der Waals surface area contributed by atoms with Crippen LogP contribution >= 0.6 is 0 Å². The Morgan fingerprint density at radius 1 is 1.38 bits per heavy atom. The third kappa shape index (κ3) is 3.31. The number of carbonyl (C=O) groups is 1. The molecule has 1 fully saturated rings. The minimum Gasteiger partial charge on any atom is -0.382 e. The van der Waals surface area contributed by atoms with E-state index in [1.807, 2.05) is 6.07 Å². The third-order valence-electron chi connectivity index (χ3n) is 4.42. The Morgan fingerprint density at radius 2 is 2.27 bits per heavy atom. The number of H-pyrrole nitrogens is 1. The number of ether oxygens (including phenoxy) is 2. The van der Waals surface area contributed by atoms with Crippen molar-refractivity contribution in [2.24, 2.45) is 0 Å². The summed E-state index contributed by atoms with van der Waals surface area (Å²) in [6, 6.07) is 1.91. The van der Waals surface area contributed by atoms with Gasteiger partial charge in [0, 0.05) is 31.7 Å². The summed E-state index contributed by atoms with van der Waals surface area (Å²) in [7, 11) is 1.65. The smallest absolute Gasteiger partial charge is 0.272 e. The predicted octanol–water partition coefficient (Wildman–Crippen LogP) is 1.07. The maximum atomic E-state index is 12.7. The fourth-order valence-corrected chi connectivity index (χ4v) is 2.96. The van der Waals surface area contributed by atoms with E-state index in [9.17, 15) is 4.79 Å². The summed E-state index contributed by atoms with van der Waals surface area (Å²) in [5.74, 6) is 0.190. The number of carbonyl (C=O) groups excluding carboxylic acids is 1. The van der Waals surface area contributed by atoms with Crippen molar-refractivity contribution in [2.45, 2.75) is 25.0 Å². The second kappa shape index (κ2) is 7.22. The molecule has 0 aliphatic heterocycles. The lowest BCUT2D eigenvalue weighted by Crippen LogP contribution is -2.48. The number of rotatable bonds is 7. The Hall–Kier alpha value is -2.78. The number of nitrogens with one attached hydrogen (secondary N) is 2. The molecule has 3 aromatic rings. The largest absolute Gasteiger partial charge is 0.382 e. The number of nitrogens with zero attached hydrogens (tertiary/aromatic N) is 4. The molecule has 0 aromatic carbocycles. The maximum absolute atomic E-state index is 12.7. The van der Waals surface area contributed by atoms with Gasteiger partial charge in [-0.05, 0) is 18.9 Å². The van der Waals surface area contributed by atoms with Crippen LogP contribution in [0, 0.1) is 0 Å². The molecule has 1 aliphatic rings. The van der Waals surface area contributed by atoms with E-state index in [-0.39, 0.29) is 18.1 Å². The monoisotopic (exact) mass is 356 g/mol. The molecule has 9 nitrogen and oxygen atoms in total. The number of aromatic amines is 1. The molecule has 0 bridgehead atoms. The second-order valence-electron chi connectivity index (χ2n) is 6.21. The number of amides is 1. The number of aromatic nitrogens is 5. The van der Waals surface area contributed by atoms with E-state index in [0.717, 1.165) is 12.8 Å². The highest BCUT2D eigenvalue weighted by Crippen LogP contribution is 2.24. The highest BCUT2D eigenvalue weighted by Gasteiger charge is 2.32. The van der Waals surface area contributed by atoms with Gasteiger partial charge in [-0.15, -0.1) is 0 Å². The Kier molecular flexibility index (Phi) is 4.63. The molecule has 1 aliphatic carbocycles. The van der Waals surface area contributed by atoms with E-state index in [1.165, 1.54) is 0 Å². The van der Waals surface area contributed by atoms with Gasteiger partial charge in [0.15, 0.2) is 5.69 Å². The van der Waals surface area contributed by atoms with Crippen LogP contribution in [-0.4, -0.2) is 62.9 Å². The first-order valence-electron chi connectivity index (χ1n) is 8.49. The zero-order chi connectivity index (χ0) is 17.9. The zero-order valence-electron chi connectivity index (χ0n) is 14.4. The van der Waals surface area contributed by atoms with Gasteiger partial charge in [-0.2, -0.15) is 0 Å². The molecule has 0 radical (unpaired) electrons. The molecular weight excluding hydrogens is 336 g/mol. The van der Waals surface area contributed by atoms with Gasteiger partial charge in [-0.1, -0.05) is 0 Å². The van der Waals surface area contributed by atoms with Crippen LogP contribution in [0.2, 0.25) is 0 Å². The minimum absolute atomic E-state index is 0.0896. The molecular formula is C17H20N6O3. The van der Waals surface area contributed by atoms with Crippen LogP contribution < -0.4 is 5.32 Å². The SMILES string of the molecule is COCCO[C@H]1C[C@H](NC(=O)c2nc(-n3ccnc3)nc3cc[nH]c23)C1. The van der Waals surface area contributed by atoms with E-state index in [0.29, 0.717) is 35.9 Å². The van der Waals surface area contributed by atoms with Crippen molar-refractivity contribution in [1.82, 2.24) is 29.8 Å². The second-order valence-corrected chi connectivity index (χ2v) is 6.21. The fourth-order valence-electron chi connectivity index (χ4n) is 2.96. The minimum atomic E-state index is -0.221. The number of methoxy groups -OCH3 is 1. The number of fused-ring (bicyclic) bond motifs is 1. The summed E-state index contributed by atoms with van der Waals surface area (Å²) in [6.07, 6.45) is 8.49. The molecule has 4 rings (SSSR count). The van der Waals surface area contributed by atoms with E-state index >= 15 is 0 Å². The molecule has 26 heavy (non-hydrogen) atoms. The first-order chi connectivity index (χ1) is 12.7. The topological polar surface area (TPSA) is 107 Å². The van der Waals surface area contributed by atoms with Crippen LogP contribution in [0.15, 0.2) is 31.0 Å². The summed E-state index contributed by atoms with van der Waals surface area (Å²) < 4.78 is 12.3. The summed E-state index contributed by atoms with van der Waals surface area (Å²) in [4.78, 5) is 28.7. The highest BCUT2D eigenvalue weighted by molar-refractivity contribution is 6.03. The third-order valence-corrected chi connectivity index (χ3v) is 4.42. The molecule has 0 saturated heterocycles. The first kappa shape index (κ1) is 16.7. The predicted molar refractivity (Wildman–Crippen MR) is 93.1 cm³/mol. The van der Waals surface area contributed by atoms with Crippen LogP contribution in [0.4, 0.5) is 0 Å². The van der Waals surface area contributed by atoms with Gasteiger partial charge in [-0.3, -0.25) is 9.36 Å². The van der Waals surface area contributed by atoms with Crippen LogP contribution in [0.3, 0.4) is 0 Å². The summed E-state index contributed by atoms with van der Waals surface area (Å²) >= 11 is 0. The van der Waals surface area contributed by atoms with Crippen LogP contribution in [-0.2, 0) is 9.47 Å². The van der Waals surface area contributed by atoms with E-state index in [1.54, 1.807) is 36.6 Å². The van der Waals surface area contributed by atoms with Crippen molar-refractivity contribution in [3.63, 3.8) is 0 Å². The molecule has 0 spiro atoms. The Bertz CT molecular complexity index is 885. The van der Waals surface area contributed by atoms with Gasteiger partial charge in [0.25, 0.3) is 5.91 Å². The number of hydrogen-bond acceptors (Lipinski definition) is 6. The quantitative estimate of drug-likeness (QED) is 0.613. The zero-order valence-corrected chi connectivity index (χ0v) is 14.4. The van der Waals surface area contributed by atoms with Gasteiger partial charge < -0.3 is 19.8 Å². The molecule has 136 valence electrons. The van der Waals surface area contributed by atoms with Crippen LogP contribution in [0.1, 0.15) is 23.3 Å². The lowest BCUT2D eigenvalue weighted by Gasteiger charge is -2.35. The molecule has 3 heterocycles. The van der Waals surface area contributed by atoms with Gasteiger partial charge >= 0.3 is 0 Å². The molecule has 1 saturated carbocycles. The van der Waals surface area contributed by atoms with Crippen molar-refractivity contribution < 1.29 is 14.3 Å². The van der Waals surface area contributed by atoms with Crippen molar-refractivity contribution in [2.75, 3.05) is 20.3 Å². The van der Waals surface area contributed by atoms with Crippen molar-refractivity contribution in [3.05, 3.63) is 36.7 Å². The van der Waals surface area contributed by atoms with Gasteiger partial charge in [-0.25, -0.2) is 15.0 Å². The van der Waals surface area contributed by atoms with Crippen LogP contribution in [0.5, 0.6) is 0 Å². The summed E-state index contributed by atoms with van der Waals surface area (Å²) in [6.45, 7) is 1.15. The van der Waals surface area contributed by atoms with E-state index < -0.39 is 0 Å². The standard InChI is InChI=1S/C17H20N6O3/c1-25-6-7-26-12-8-11(9-12)20-16(24)15-14-13(2-3-19-14)21-17(22-15)23-5-4-18-10-23/h2-5,10-12,19H,6-9H2,1H3,(H,20,24)/t11-,12-. The normalized spacial score (nSPS) is 19.4. The van der Waals surface area contributed by atoms with Crippen molar-refractivity contribution in [3.8, 4) is 5.95 Å². The Morgan fingerprint density at radius 3 is 3.04 bits per heavy atom. The fraction of sp³-hybridized carbons (Fsp3) is 0.412. The van der Waals surface area contributed by atoms with Crippen LogP contribution in [0.25, 0.3) is 17.0 Å². The summed E-state index contributed by atoms with van der Waals surface area (Å²) in [5.41, 5.74) is 1.63. The summed E-state index contributed by atoms with van der Waals surface area (Å²) in [5, 5.41) is 3.02. The van der Waals surface area contributed by atoms with E-state index in [4.69, 9.17) is 9.47 Å². The average molecular weight is 356 g/mol. The van der Waals surface area contributed by atoms with Crippen molar-refractivity contribution in [1.29, 1.82) is 0 Å². The molecule has 2 N–H and O–H groups in total. The molecule has 3 aromatic heterocycles. The number of imidazole rings is 1.